The fraction of sp³-hybridized carbons (Fsp3) is 0.600. The Morgan fingerprint density at radius 2 is 1.81 bits per heavy atom. The quantitative estimate of drug-likeness (QED) is 0.653. The van der Waals surface area contributed by atoms with Crippen molar-refractivity contribution in [2.45, 2.75) is 44.6 Å². The Kier molecular flexibility index (Phi) is 7.14. The molecule has 0 aliphatic heterocycles. The first-order chi connectivity index (χ1) is 9.85. The molecule has 5 nitrogen and oxygen atoms in total. The molecule has 0 heterocycles. The minimum absolute atomic E-state index is 0.254. The monoisotopic (exact) mass is 314 g/mol. The van der Waals surface area contributed by atoms with Gasteiger partial charge in [0.25, 0.3) is 0 Å². The molecule has 3 N–H and O–H groups in total. The van der Waals surface area contributed by atoms with Gasteiger partial charge in [0, 0.05) is 18.8 Å². The van der Waals surface area contributed by atoms with Crippen molar-refractivity contribution in [3.05, 3.63) is 24.3 Å². The van der Waals surface area contributed by atoms with Crippen molar-refractivity contribution in [3.63, 3.8) is 0 Å². The van der Waals surface area contributed by atoms with E-state index in [1.54, 1.807) is 24.3 Å². The Bertz CT molecular complexity index is 512. The summed E-state index contributed by atoms with van der Waals surface area (Å²) in [5.74, 6) is 0.443. The summed E-state index contributed by atoms with van der Waals surface area (Å²) in [5.41, 5.74) is 0.798. The van der Waals surface area contributed by atoms with Crippen LogP contribution in [-0.4, -0.2) is 32.7 Å². The lowest BCUT2D eigenvalue weighted by Crippen LogP contribution is -2.24. The molecule has 120 valence electrons. The van der Waals surface area contributed by atoms with Crippen LogP contribution in [0.15, 0.2) is 29.2 Å². The summed E-state index contributed by atoms with van der Waals surface area (Å²) in [6.07, 6.45) is 1.09. The molecule has 1 atom stereocenters. The number of rotatable bonds is 9. The zero-order valence-corrected chi connectivity index (χ0v) is 13.8. The molecule has 6 heteroatoms. The lowest BCUT2D eigenvalue weighted by atomic mass is 10.1. The van der Waals surface area contributed by atoms with E-state index in [1.165, 1.54) is 0 Å². The van der Waals surface area contributed by atoms with E-state index in [4.69, 9.17) is 0 Å². The Morgan fingerprint density at radius 1 is 1.19 bits per heavy atom. The molecule has 21 heavy (non-hydrogen) atoms. The van der Waals surface area contributed by atoms with Gasteiger partial charge in [-0.25, -0.2) is 13.1 Å². The Labute approximate surface area is 127 Å². The Hall–Kier alpha value is -1.11. The molecule has 1 aromatic carbocycles. The molecule has 1 rings (SSSR count). The predicted octanol–water partition coefficient (Wildman–Crippen LogP) is 2.19. The van der Waals surface area contributed by atoms with Crippen LogP contribution in [0.2, 0.25) is 0 Å². The van der Waals surface area contributed by atoms with Crippen LogP contribution in [0, 0.1) is 5.92 Å². The van der Waals surface area contributed by atoms with E-state index in [-0.39, 0.29) is 4.90 Å². The van der Waals surface area contributed by atoms with Crippen molar-refractivity contribution in [2.24, 2.45) is 5.92 Å². The highest BCUT2D eigenvalue weighted by molar-refractivity contribution is 7.89. The first-order valence-corrected chi connectivity index (χ1v) is 8.85. The van der Waals surface area contributed by atoms with Crippen molar-refractivity contribution < 1.29 is 13.5 Å². The first-order valence-electron chi connectivity index (χ1n) is 7.36. The van der Waals surface area contributed by atoms with Gasteiger partial charge < -0.3 is 10.4 Å². The highest BCUT2D eigenvalue weighted by Gasteiger charge is 2.12. The van der Waals surface area contributed by atoms with Crippen molar-refractivity contribution >= 4 is 15.7 Å². The van der Waals surface area contributed by atoms with Gasteiger partial charge in [-0.15, -0.1) is 0 Å². The topological polar surface area (TPSA) is 78.4 Å². The summed E-state index contributed by atoms with van der Waals surface area (Å²) >= 11 is 0. The minimum Gasteiger partial charge on any atom is -0.391 e. The van der Waals surface area contributed by atoms with Crippen LogP contribution < -0.4 is 10.0 Å². The van der Waals surface area contributed by atoms with E-state index in [9.17, 15) is 13.5 Å². The van der Waals surface area contributed by atoms with Gasteiger partial charge in [-0.2, -0.15) is 0 Å². The molecule has 0 saturated carbocycles. The van der Waals surface area contributed by atoms with Crippen LogP contribution in [-0.2, 0) is 10.0 Å². The highest BCUT2D eigenvalue weighted by atomic mass is 32.2. The van der Waals surface area contributed by atoms with Crippen molar-refractivity contribution in [1.82, 2.24) is 4.72 Å². The lowest BCUT2D eigenvalue weighted by Gasteiger charge is -2.15. The molecule has 0 fully saturated rings. The van der Waals surface area contributed by atoms with E-state index in [0.717, 1.165) is 18.5 Å². The van der Waals surface area contributed by atoms with E-state index >= 15 is 0 Å². The number of benzene rings is 1. The standard InChI is InChI=1S/C15H26N2O3S/c1-4-9-17-21(19,20)15-7-5-13(6-8-15)16-11-14(18)10-12(2)3/h5-8,12,14,16-18H,4,9-11H2,1-3H3. The molecule has 0 aromatic heterocycles. The van der Waals surface area contributed by atoms with Gasteiger partial charge in [0.1, 0.15) is 0 Å². The normalized spacial score (nSPS) is 13.4. The average Bonchev–Trinajstić information content (AvgIpc) is 2.43. The summed E-state index contributed by atoms with van der Waals surface area (Å²) < 4.78 is 26.4. The molecule has 0 radical (unpaired) electrons. The summed E-state index contributed by atoms with van der Waals surface area (Å²) in [4.78, 5) is 0.254. The second-order valence-corrected chi connectivity index (χ2v) is 7.35. The lowest BCUT2D eigenvalue weighted by molar-refractivity contribution is 0.161. The van der Waals surface area contributed by atoms with Gasteiger partial charge in [-0.05, 0) is 43.0 Å². The van der Waals surface area contributed by atoms with Crippen molar-refractivity contribution in [3.8, 4) is 0 Å². The molecule has 0 aliphatic carbocycles. The summed E-state index contributed by atoms with van der Waals surface area (Å²) in [5, 5.41) is 12.9. The number of sulfonamides is 1. The largest absolute Gasteiger partial charge is 0.391 e. The average molecular weight is 314 g/mol. The van der Waals surface area contributed by atoms with Crippen LogP contribution in [0.3, 0.4) is 0 Å². The van der Waals surface area contributed by atoms with Crippen LogP contribution in [0.4, 0.5) is 5.69 Å². The number of hydrogen-bond acceptors (Lipinski definition) is 4. The van der Waals surface area contributed by atoms with Crippen LogP contribution >= 0.6 is 0 Å². The third kappa shape index (κ3) is 6.46. The zero-order valence-electron chi connectivity index (χ0n) is 13.0. The van der Waals surface area contributed by atoms with Gasteiger partial charge in [-0.1, -0.05) is 20.8 Å². The van der Waals surface area contributed by atoms with E-state index < -0.39 is 16.1 Å². The smallest absolute Gasteiger partial charge is 0.240 e. The molecule has 1 unspecified atom stereocenters. The fourth-order valence-corrected chi connectivity index (χ4v) is 3.07. The van der Waals surface area contributed by atoms with Crippen molar-refractivity contribution in [1.29, 1.82) is 0 Å². The predicted molar refractivity (Wildman–Crippen MR) is 85.9 cm³/mol. The van der Waals surface area contributed by atoms with Gasteiger partial charge >= 0.3 is 0 Å². The SMILES string of the molecule is CCCNS(=O)(=O)c1ccc(NCC(O)CC(C)C)cc1. The fourth-order valence-electron chi connectivity index (χ4n) is 1.93. The molecule has 0 bridgehead atoms. The van der Waals surface area contributed by atoms with Gasteiger partial charge in [0.2, 0.25) is 10.0 Å². The third-order valence-electron chi connectivity index (χ3n) is 2.99. The number of aliphatic hydroxyl groups excluding tert-OH is 1. The molecule has 0 amide bonds. The second kappa shape index (κ2) is 8.36. The van der Waals surface area contributed by atoms with Crippen LogP contribution in [0.25, 0.3) is 0 Å². The van der Waals surface area contributed by atoms with Gasteiger partial charge in [0.15, 0.2) is 0 Å². The maximum atomic E-state index is 11.9. The number of hydrogen-bond donors (Lipinski definition) is 3. The molecule has 0 aliphatic rings. The molecule has 0 spiro atoms. The molecule has 1 aromatic rings. The maximum Gasteiger partial charge on any atom is 0.240 e. The van der Waals surface area contributed by atoms with Gasteiger partial charge in [-0.3, -0.25) is 0 Å². The minimum atomic E-state index is -3.41. The summed E-state index contributed by atoms with van der Waals surface area (Å²) in [7, 11) is -3.41. The first kappa shape index (κ1) is 17.9. The molecule has 0 saturated heterocycles. The number of aliphatic hydroxyl groups is 1. The summed E-state index contributed by atoms with van der Waals surface area (Å²) in [6.45, 7) is 6.93. The third-order valence-corrected chi connectivity index (χ3v) is 4.47. The second-order valence-electron chi connectivity index (χ2n) is 5.59. The van der Waals surface area contributed by atoms with E-state index in [0.29, 0.717) is 19.0 Å². The zero-order chi connectivity index (χ0) is 15.9. The molecular formula is C15H26N2O3S. The molecular weight excluding hydrogens is 288 g/mol. The highest BCUT2D eigenvalue weighted by Crippen LogP contribution is 2.14. The van der Waals surface area contributed by atoms with Crippen LogP contribution in [0.5, 0.6) is 0 Å². The number of nitrogens with one attached hydrogen (secondary N) is 2. The Balaban J connectivity index is 2.58. The summed E-state index contributed by atoms with van der Waals surface area (Å²) in [6, 6.07) is 6.55. The number of anilines is 1. The van der Waals surface area contributed by atoms with Crippen molar-refractivity contribution in [2.75, 3.05) is 18.4 Å². The van der Waals surface area contributed by atoms with Crippen LogP contribution in [0.1, 0.15) is 33.6 Å². The maximum absolute atomic E-state index is 11.9. The Morgan fingerprint density at radius 3 is 2.33 bits per heavy atom. The van der Waals surface area contributed by atoms with E-state index in [1.807, 2.05) is 6.92 Å². The van der Waals surface area contributed by atoms with E-state index in [2.05, 4.69) is 23.9 Å². The van der Waals surface area contributed by atoms with Gasteiger partial charge in [0.05, 0.1) is 11.0 Å².